The fourth-order valence-corrected chi connectivity index (χ4v) is 6.70. The zero-order valence-corrected chi connectivity index (χ0v) is 21.1. The first kappa shape index (κ1) is 23.8. The van der Waals surface area contributed by atoms with Crippen molar-refractivity contribution in [1.82, 2.24) is 29.8 Å². The smallest absolute Gasteiger partial charge is 0.219 e. The van der Waals surface area contributed by atoms with Crippen molar-refractivity contribution in [3.63, 3.8) is 0 Å². The van der Waals surface area contributed by atoms with Gasteiger partial charge >= 0.3 is 0 Å². The van der Waals surface area contributed by atoms with Crippen LogP contribution in [0.3, 0.4) is 0 Å². The van der Waals surface area contributed by atoms with E-state index in [0.717, 1.165) is 22.4 Å². The molecule has 0 radical (unpaired) electrons. The lowest BCUT2D eigenvalue weighted by atomic mass is 9.96. The molecule has 0 amide bonds. The molecule has 0 spiro atoms. The average Bonchev–Trinajstić information content (AvgIpc) is 3.51. The van der Waals surface area contributed by atoms with E-state index in [-0.39, 0.29) is 16.5 Å². The highest BCUT2D eigenvalue weighted by molar-refractivity contribution is 7.89. The topological polar surface area (TPSA) is 127 Å². The van der Waals surface area contributed by atoms with Crippen LogP contribution in [0.4, 0.5) is 4.39 Å². The van der Waals surface area contributed by atoms with Crippen LogP contribution >= 0.6 is 0 Å². The lowest BCUT2D eigenvalue weighted by Gasteiger charge is -2.34. The van der Waals surface area contributed by atoms with Gasteiger partial charge in [0.25, 0.3) is 0 Å². The van der Waals surface area contributed by atoms with Gasteiger partial charge in [0.05, 0.1) is 11.9 Å². The van der Waals surface area contributed by atoms with Crippen molar-refractivity contribution in [2.24, 2.45) is 0 Å². The molecule has 0 saturated carbocycles. The van der Waals surface area contributed by atoms with Crippen molar-refractivity contribution in [3.05, 3.63) is 59.7 Å². The average molecular weight is 523 g/mol. The molecule has 1 fully saturated rings. The molecular weight excluding hydrogens is 495 g/mol. The van der Waals surface area contributed by atoms with Crippen LogP contribution in [0.25, 0.3) is 39.1 Å². The molecule has 2 aromatic heterocycles. The normalized spacial score (nSPS) is 17.2. The highest BCUT2D eigenvalue weighted by Gasteiger charge is 2.36. The minimum atomic E-state index is -3.28. The van der Waals surface area contributed by atoms with Gasteiger partial charge in [0, 0.05) is 37.1 Å². The van der Waals surface area contributed by atoms with Gasteiger partial charge in [-0.1, -0.05) is 25.1 Å². The maximum Gasteiger partial charge on any atom is 0.219 e. The number of halogens is 1. The minimum absolute atomic E-state index is 0.149. The van der Waals surface area contributed by atoms with Crippen molar-refractivity contribution in [2.45, 2.75) is 25.0 Å². The summed E-state index contributed by atoms with van der Waals surface area (Å²) in [7, 11) is -3.28. The summed E-state index contributed by atoms with van der Waals surface area (Å²) in [5.74, 6) is 0.237. The van der Waals surface area contributed by atoms with Gasteiger partial charge < -0.3 is 15.4 Å². The number of sulfonamides is 1. The molecular formula is C26H27FN6O3S. The number of aryl methyl sites for hydroxylation is 1. The second-order valence-electron chi connectivity index (χ2n) is 9.42. The molecule has 0 aliphatic carbocycles. The number of aromatic nitrogens is 4. The molecule has 4 heterocycles. The van der Waals surface area contributed by atoms with E-state index in [1.165, 1.54) is 0 Å². The minimum Gasteiger partial charge on any atom is -0.508 e. The van der Waals surface area contributed by atoms with Gasteiger partial charge in [0.1, 0.15) is 22.2 Å². The fourth-order valence-electron chi connectivity index (χ4n) is 4.99. The van der Waals surface area contributed by atoms with Gasteiger partial charge in [-0.15, -0.1) is 0 Å². The Hall–Kier alpha value is -3.54. The van der Waals surface area contributed by atoms with E-state index in [9.17, 15) is 13.5 Å². The third kappa shape index (κ3) is 4.03. The van der Waals surface area contributed by atoms with E-state index in [1.807, 2.05) is 19.1 Å². The van der Waals surface area contributed by atoms with Gasteiger partial charge in [0.15, 0.2) is 11.6 Å². The molecule has 37 heavy (non-hydrogen) atoms. The van der Waals surface area contributed by atoms with Gasteiger partial charge in [0.2, 0.25) is 10.0 Å². The summed E-state index contributed by atoms with van der Waals surface area (Å²) >= 11 is 0. The second kappa shape index (κ2) is 9.09. The van der Waals surface area contributed by atoms with Crippen molar-refractivity contribution in [2.75, 3.05) is 26.2 Å². The number of aromatic hydroxyl groups is 1. The fraction of sp³-hybridized carbons (Fsp3) is 0.308. The Morgan fingerprint density at radius 2 is 2.00 bits per heavy atom. The molecule has 2 aliphatic heterocycles. The Morgan fingerprint density at radius 1 is 1.19 bits per heavy atom. The lowest BCUT2D eigenvalue weighted by molar-refractivity contribution is 0.407. The number of H-pyrrole nitrogens is 2. The SMILES string of the molecule is CCc1cc(O)ccc1-c1ccc2c(-c3ncc(C4=CCN(S(=O)(=O)C5CNC5)CC4)[nH]3)[nH]nc2c1F. The summed E-state index contributed by atoms with van der Waals surface area (Å²) in [6.07, 6.45) is 4.86. The number of phenolic OH excluding ortho intramolecular Hbond substituents is 1. The van der Waals surface area contributed by atoms with Gasteiger partial charge in [-0.2, -0.15) is 9.40 Å². The molecule has 2 aromatic carbocycles. The van der Waals surface area contributed by atoms with E-state index >= 15 is 4.39 Å². The van der Waals surface area contributed by atoms with Gasteiger partial charge in [-0.05, 0) is 47.7 Å². The summed E-state index contributed by atoms with van der Waals surface area (Å²) in [6, 6.07) is 8.47. The summed E-state index contributed by atoms with van der Waals surface area (Å²) < 4.78 is 42.5. The second-order valence-corrected chi connectivity index (χ2v) is 11.6. The monoisotopic (exact) mass is 522 g/mol. The van der Waals surface area contributed by atoms with Crippen LogP contribution in [0.5, 0.6) is 5.75 Å². The van der Waals surface area contributed by atoms with Crippen molar-refractivity contribution in [1.29, 1.82) is 0 Å². The standard InChI is InChI=1S/C26H27FN6O3S/c1-2-15-11-17(34)3-4-19(15)20-5-6-21-24(23(20)27)31-32-25(21)26-29-14-22(30-26)16-7-9-33(10-8-16)37(35,36)18-12-28-13-18/h3-7,11,14,18,28,34H,2,8-10,12-13H2,1H3,(H,29,30)(H,31,32). The Balaban J connectivity index is 1.27. The van der Waals surface area contributed by atoms with E-state index in [2.05, 4.69) is 25.5 Å². The van der Waals surface area contributed by atoms with Crippen LogP contribution in [-0.4, -0.2) is 69.4 Å². The summed E-state index contributed by atoms with van der Waals surface area (Å²) in [5, 5.41) is 20.2. The Labute approximate surface area is 213 Å². The zero-order chi connectivity index (χ0) is 25.7. The maximum atomic E-state index is 15.6. The van der Waals surface area contributed by atoms with Crippen LogP contribution in [0.2, 0.25) is 0 Å². The number of fused-ring (bicyclic) bond motifs is 1. The third-order valence-corrected chi connectivity index (χ3v) is 9.51. The van der Waals surface area contributed by atoms with E-state index in [1.54, 1.807) is 34.8 Å². The largest absolute Gasteiger partial charge is 0.508 e. The van der Waals surface area contributed by atoms with Crippen LogP contribution in [0.15, 0.2) is 42.6 Å². The number of rotatable bonds is 6. The Bertz CT molecular complexity index is 1640. The van der Waals surface area contributed by atoms with Crippen molar-refractivity contribution in [3.8, 4) is 28.4 Å². The number of aromatic amines is 2. The van der Waals surface area contributed by atoms with Crippen LogP contribution in [0.1, 0.15) is 24.6 Å². The molecule has 2 aliphatic rings. The first-order valence-corrected chi connectivity index (χ1v) is 13.8. The number of hydrogen-bond acceptors (Lipinski definition) is 6. The summed E-state index contributed by atoms with van der Waals surface area (Å²) in [4.78, 5) is 7.78. The Morgan fingerprint density at radius 3 is 2.70 bits per heavy atom. The Kier molecular flexibility index (Phi) is 5.85. The number of nitrogens with zero attached hydrogens (tertiary/aromatic N) is 3. The molecule has 11 heteroatoms. The maximum absolute atomic E-state index is 15.6. The zero-order valence-electron chi connectivity index (χ0n) is 20.3. The predicted octanol–water partition coefficient (Wildman–Crippen LogP) is 3.42. The molecule has 6 rings (SSSR count). The summed E-state index contributed by atoms with van der Waals surface area (Å²) in [6.45, 7) is 3.74. The number of nitrogens with one attached hydrogen (secondary N) is 3. The number of hydrogen-bond donors (Lipinski definition) is 4. The van der Waals surface area contributed by atoms with Crippen LogP contribution in [0, 0.1) is 5.82 Å². The van der Waals surface area contributed by atoms with Gasteiger partial charge in [-0.3, -0.25) is 5.10 Å². The highest BCUT2D eigenvalue weighted by atomic mass is 32.2. The third-order valence-electron chi connectivity index (χ3n) is 7.28. The number of imidazole rings is 1. The van der Waals surface area contributed by atoms with Crippen LogP contribution in [-0.2, 0) is 16.4 Å². The van der Waals surface area contributed by atoms with E-state index in [0.29, 0.717) is 61.5 Å². The lowest BCUT2D eigenvalue weighted by Crippen LogP contribution is -2.56. The number of phenols is 1. The van der Waals surface area contributed by atoms with E-state index in [4.69, 9.17) is 0 Å². The highest BCUT2D eigenvalue weighted by Crippen LogP contribution is 2.35. The molecule has 0 atom stereocenters. The molecule has 192 valence electrons. The molecule has 4 N–H and O–H groups in total. The van der Waals surface area contributed by atoms with Gasteiger partial charge in [-0.25, -0.2) is 17.8 Å². The first-order chi connectivity index (χ1) is 17.9. The summed E-state index contributed by atoms with van der Waals surface area (Å²) in [5.41, 5.74) is 4.57. The molecule has 9 nitrogen and oxygen atoms in total. The van der Waals surface area contributed by atoms with Crippen molar-refractivity contribution < 1.29 is 17.9 Å². The first-order valence-electron chi connectivity index (χ1n) is 12.3. The predicted molar refractivity (Wildman–Crippen MR) is 140 cm³/mol. The molecule has 0 unspecified atom stereocenters. The number of benzene rings is 2. The quantitative estimate of drug-likeness (QED) is 0.307. The molecule has 4 aromatic rings. The van der Waals surface area contributed by atoms with Crippen molar-refractivity contribution >= 4 is 26.5 Å². The van der Waals surface area contributed by atoms with Crippen LogP contribution < -0.4 is 5.32 Å². The molecule has 1 saturated heterocycles. The van der Waals surface area contributed by atoms with E-state index < -0.39 is 15.8 Å². The molecule has 0 bridgehead atoms.